The highest BCUT2D eigenvalue weighted by Gasteiger charge is 2.59. The third-order valence-corrected chi connectivity index (χ3v) is 19.0. The number of anilines is 2. The molecule has 2 aliphatic heterocycles. The molecule has 31 heteroatoms. The summed E-state index contributed by atoms with van der Waals surface area (Å²) in [5, 5.41) is 31.1. The van der Waals surface area contributed by atoms with Crippen molar-refractivity contribution in [1.82, 2.24) is 50.9 Å². The molecule has 1 unspecified atom stereocenters. The SMILES string of the molecule is COCCOCCOCCOc1ccc2c(c1)C(C)=[N+]1c3ccc(C(=O)NCCn4nnc5c4CC[C@H]4[C@@H](CC5)[C@H]4COC(=O)NCCCC(=O)CC[C@H](NC(=O)c4ccc(NCc5cnc6nc(N)[nH]c(=O)c6n5)cc4)C(=O)O)cc3O[B-]1(c1ccc(COc3ccc4ccc(=O)oc4c3)cc1)O2. The summed E-state index contributed by atoms with van der Waals surface area (Å²) in [7, 11) is 1.63. The number of alkyl carbamates (subject to hydrolysis) is 1. The van der Waals surface area contributed by atoms with Crippen molar-refractivity contribution in [2.24, 2.45) is 17.8 Å². The van der Waals surface area contributed by atoms with Crippen LogP contribution in [0.3, 0.4) is 0 Å². The fourth-order valence-electron chi connectivity index (χ4n) is 13.5. The molecule has 0 radical (unpaired) electrons. The number of aliphatic carboxylic acids is 1. The normalized spacial score (nSPS) is 17.1. The van der Waals surface area contributed by atoms with E-state index in [-0.39, 0.29) is 92.4 Å². The van der Waals surface area contributed by atoms with E-state index in [1.165, 1.54) is 24.4 Å². The number of fused-ring (bicyclic) bond motifs is 8. The van der Waals surface area contributed by atoms with Gasteiger partial charge in [0, 0.05) is 80.4 Å². The molecule has 3 amide bonds. The molecule has 540 valence electrons. The number of nitrogens with two attached hydrogens (primary N) is 1. The van der Waals surface area contributed by atoms with Crippen molar-refractivity contribution in [3.63, 3.8) is 0 Å². The Morgan fingerprint density at radius 2 is 1.54 bits per heavy atom. The Hall–Kier alpha value is -11.6. The third-order valence-electron chi connectivity index (χ3n) is 19.0. The van der Waals surface area contributed by atoms with Crippen molar-refractivity contribution >= 4 is 87.0 Å². The summed E-state index contributed by atoms with van der Waals surface area (Å²) < 4.78 is 57.5. The van der Waals surface area contributed by atoms with Crippen LogP contribution < -0.4 is 62.4 Å². The van der Waals surface area contributed by atoms with Crippen LogP contribution in [0.1, 0.15) is 94.4 Å². The van der Waals surface area contributed by atoms with Crippen LogP contribution in [0.2, 0.25) is 0 Å². The Balaban J connectivity index is 0.554. The van der Waals surface area contributed by atoms with Gasteiger partial charge in [-0.2, -0.15) is 4.98 Å². The Morgan fingerprint density at radius 1 is 0.788 bits per heavy atom. The van der Waals surface area contributed by atoms with E-state index < -0.39 is 41.9 Å². The van der Waals surface area contributed by atoms with Crippen molar-refractivity contribution in [3.05, 3.63) is 182 Å². The first-order chi connectivity index (χ1) is 50.6. The molecule has 8 N–H and O–H groups in total. The number of hydrogen-bond acceptors (Lipinski definition) is 23. The van der Waals surface area contributed by atoms with Crippen LogP contribution in [0.5, 0.6) is 23.0 Å². The van der Waals surface area contributed by atoms with Crippen LogP contribution >= 0.6 is 0 Å². The number of rotatable bonds is 33. The lowest BCUT2D eigenvalue weighted by Crippen LogP contribution is -2.66. The van der Waals surface area contributed by atoms with E-state index in [1.54, 1.807) is 43.5 Å². The molecule has 104 heavy (non-hydrogen) atoms. The van der Waals surface area contributed by atoms with Gasteiger partial charge in [0.15, 0.2) is 16.9 Å². The molecule has 1 saturated carbocycles. The molecule has 30 nitrogen and oxygen atoms in total. The minimum atomic E-state index is -2.47. The molecular weight excluding hydrogens is 1340 g/mol. The molecule has 13 rings (SSSR count). The van der Waals surface area contributed by atoms with Crippen molar-refractivity contribution in [1.29, 1.82) is 0 Å². The highest BCUT2D eigenvalue weighted by Crippen LogP contribution is 2.53. The molecular formula is C73H78BN13O17. The van der Waals surface area contributed by atoms with Gasteiger partial charge in [0.25, 0.3) is 17.4 Å². The second-order valence-corrected chi connectivity index (χ2v) is 25.8. The van der Waals surface area contributed by atoms with Crippen LogP contribution in [-0.4, -0.2) is 159 Å². The van der Waals surface area contributed by atoms with E-state index in [0.29, 0.717) is 122 Å². The molecule has 6 heterocycles. The number of carboxylic acids is 1. The van der Waals surface area contributed by atoms with Gasteiger partial charge in [0.1, 0.15) is 53.6 Å². The number of aryl methyl sites for hydroxylation is 1. The largest absolute Gasteiger partial charge is 0.685 e. The molecule has 1 fully saturated rings. The minimum Gasteiger partial charge on any atom is -0.618 e. The highest BCUT2D eigenvalue weighted by atomic mass is 16.6. The van der Waals surface area contributed by atoms with E-state index in [0.717, 1.165) is 58.3 Å². The van der Waals surface area contributed by atoms with Gasteiger partial charge in [-0.05, 0) is 140 Å². The maximum Gasteiger partial charge on any atom is 0.685 e. The van der Waals surface area contributed by atoms with Gasteiger partial charge in [-0.25, -0.2) is 29.0 Å². The van der Waals surface area contributed by atoms with Crippen LogP contribution in [0, 0.1) is 17.8 Å². The van der Waals surface area contributed by atoms with Crippen LogP contribution in [-0.2, 0) is 61.1 Å². The lowest BCUT2D eigenvalue weighted by Gasteiger charge is -2.37. The molecule has 2 aliphatic carbocycles. The van der Waals surface area contributed by atoms with Crippen LogP contribution in [0.15, 0.2) is 135 Å². The first kappa shape index (κ1) is 70.9. The number of nitrogens with one attached hydrogen (secondary N) is 5. The topological polar surface area (TPSA) is 389 Å². The number of nitrogens with zero attached hydrogens (tertiary/aromatic N) is 7. The number of H-pyrrole nitrogens is 1. The monoisotopic (exact) mass is 1420 g/mol. The average Bonchev–Trinajstić information content (AvgIpc) is 1.51. The minimum absolute atomic E-state index is 0.0382. The Morgan fingerprint density at radius 3 is 2.35 bits per heavy atom. The first-order valence-electron chi connectivity index (χ1n) is 34.5. The number of carbonyl (C=O) groups is 5. The van der Waals surface area contributed by atoms with Crippen molar-refractivity contribution in [3.8, 4) is 23.0 Å². The van der Waals surface area contributed by atoms with E-state index in [9.17, 15) is 38.7 Å². The second kappa shape index (κ2) is 32.2. The number of amides is 3. The number of methoxy groups -OCH3 is 1. The third kappa shape index (κ3) is 16.6. The summed E-state index contributed by atoms with van der Waals surface area (Å²) in [6.07, 6.45) is 4.20. The fourth-order valence-corrected chi connectivity index (χ4v) is 13.5. The number of ether oxygens (including phenoxy) is 6. The summed E-state index contributed by atoms with van der Waals surface area (Å²) >= 11 is 0. The van der Waals surface area contributed by atoms with Crippen molar-refractivity contribution in [2.75, 3.05) is 77.5 Å². The van der Waals surface area contributed by atoms with Crippen LogP contribution in [0.4, 0.5) is 22.1 Å². The summed E-state index contributed by atoms with van der Waals surface area (Å²) in [5.74, 6) is 0.603. The average molecular weight is 1420 g/mol. The molecule has 0 saturated heterocycles. The fraction of sp³-hybridized carbons (Fsp3) is 0.356. The maximum atomic E-state index is 14.1. The van der Waals surface area contributed by atoms with Gasteiger partial charge < -0.3 is 78.7 Å². The van der Waals surface area contributed by atoms with Gasteiger partial charge in [-0.1, -0.05) is 29.5 Å². The summed E-state index contributed by atoms with van der Waals surface area (Å²) in [5.41, 5.74) is 12.7. The molecule has 0 spiro atoms. The summed E-state index contributed by atoms with van der Waals surface area (Å²) in [4.78, 5) is 104. The number of aromatic nitrogens is 7. The van der Waals surface area contributed by atoms with E-state index >= 15 is 0 Å². The number of carboxylic acid groups (broad SMARTS) is 1. The zero-order valence-corrected chi connectivity index (χ0v) is 57.3. The highest BCUT2D eigenvalue weighted by molar-refractivity contribution is 6.77. The zero-order chi connectivity index (χ0) is 72.3. The number of ketones is 1. The quantitative estimate of drug-likeness (QED) is 0.0142. The predicted octanol–water partition coefficient (Wildman–Crippen LogP) is 5.94. The van der Waals surface area contributed by atoms with Gasteiger partial charge in [0.2, 0.25) is 5.95 Å². The molecule has 4 aromatic heterocycles. The Bertz CT molecular complexity index is 4840. The molecule has 0 bridgehead atoms. The van der Waals surface area contributed by atoms with Crippen molar-refractivity contribution < 1.29 is 75.7 Å². The first-order valence-corrected chi connectivity index (χ1v) is 34.5. The van der Waals surface area contributed by atoms with Gasteiger partial charge in [-0.3, -0.25) is 24.2 Å². The van der Waals surface area contributed by atoms with Crippen LogP contribution in [0.25, 0.3) is 22.1 Å². The Kier molecular flexibility index (Phi) is 21.9. The number of hydrogen-bond donors (Lipinski definition) is 7. The van der Waals surface area contributed by atoms with E-state index in [4.69, 9.17) is 47.9 Å². The lowest BCUT2D eigenvalue weighted by molar-refractivity contribution is -0.318. The number of benzene rings is 5. The summed E-state index contributed by atoms with van der Waals surface area (Å²) in [6, 6.07) is 32.2. The van der Waals surface area contributed by atoms with Gasteiger partial charge >= 0.3 is 24.4 Å². The molecule has 9 aromatic rings. The zero-order valence-electron chi connectivity index (χ0n) is 57.3. The maximum absolute atomic E-state index is 14.1. The standard InChI is InChI=1S/C73H78BN13O17/c1-43-56-37-52(99-35-34-98-33-32-97-31-30-96-2)18-25-62(56)103-74(48-12-5-44(6-13-48)41-100-53-17-9-45-11-26-65(89)102-63(45)38-53)87(43)61-23-10-47(36-64(61)104-74)68(90)76-28-29-86-60-24-20-55-54(19-22-58(60)84-85-86)57(55)42-101-73(95)77-27-3-4-51(88)16-21-59(71(93)94)81-69(91)46-7-14-49(15-8-46)78-39-50-40-79-67-66(80-50)70(92)83-72(75)82-67/h5-15,17-18,23,25-26,36-38,40,54-55,57,59,78H,3-4,16,19-22,24,27-35,39,41-42H2,1-2H3,(H,76,90)(H,77,95)(H,81,91)(H,93,94)(H3,75,79,82,83,92)/t54-,55+,57-,59+,74?/m1/s1. The number of Topliss-reactive ketones (excluding diaryl/α,β-unsaturated/α-hetero) is 1. The smallest absolute Gasteiger partial charge is 0.618 e. The molecule has 4 aliphatic rings. The number of carbonyl (C=O) groups excluding carboxylic acids is 4. The molecule has 5 atom stereocenters. The van der Waals surface area contributed by atoms with E-state index in [2.05, 4.69) is 51.5 Å². The predicted molar refractivity (Wildman–Crippen MR) is 379 cm³/mol. The van der Waals surface area contributed by atoms with Crippen molar-refractivity contribution in [2.45, 2.75) is 84.0 Å². The summed E-state index contributed by atoms with van der Waals surface area (Å²) in [6.45, 7) is 3.62. The van der Waals surface area contributed by atoms with Gasteiger partial charge in [0.05, 0.1) is 87.3 Å². The number of aromatic amines is 1. The molecule has 5 aromatic carbocycles. The lowest BCUT2D eigenvalue weighted by atomic mass is 9.61. The van der Waals surface area contributed by atoms with Gasteiger partial charge in [-0.15, -0.1) is 5.10 Å². The second-order valence-electron chi connectivity index (χ2n) is 25.8. The van der Waals surface area contributed by atoms with E-state index in [1.807, 2.05) is 76.8 Å². The number of nitrogen functional groups attached to an aromatic ring is 1. The Labute approximate surface area is 594 Å².